The molecular weight excluding hydrogens is 616 g/mol. The van der Waals surface area contributed by atoms with Crippen LogP contribution in [0.4, 0.5) is 22.7 Å². The number of hydrogen-bond donors (Lipinski definition) is 5. The number of aromatic hydroxyl groups is 1. The first-order valence-electron chi connectivity index (χ1n) is 17.9. The summed E-state index contributed by atoms with van der Waals surface area (Å²) in [6.45, 7) is 3.62. The number of phenolic OH excluding ortho intramolecular Hbond substituents is 1. The highest BCUT2D eigenvalue weighted by molar-refractivity contribution is 6.11. The molecule has 3 aromatic rings. The highest BCUT2D eigenvalue weighted by Gasteiger charge is 2.19. The van der Waals surface area contributed by atoms with Crippen molar-refractivity contribution in [1.82, 2.24) is 0 Å². The van der Waals surface area contributed by atoms with Gasteiger partial charge in [0, 0.05) is 41.4 Å². The Bertz CT molecular complexity index is 1660. The molecule has 4 amide bonds. The predicted octanol–water partition coefficient (Wildman–Crippen LogP) is 9.11. The molecule has 9 heteroatoms. The van der Waals surface area contributed by atoms with Crippen molar-refractivity contribution < 1.29 is 24.3 Å². The fourth-order valence-corrected chi connectivity index (χ4v) is 7.08. The lowest BCUT2D eigenvalue weighted by Gasteiger charge is -2.21. The standard InChI is InChI=1S/C40H50N4O5/c1-26-13-17-30(41-37(46)21-15-28-9-5-3-6-10-28)23-33(26)39(48)43-35-20-19-32(45)25-36(35)44-40(49)34-24-31(18-14-27(34)2)42-38(47)22-16-29-11-7-4-8-12-29/h13-14,17-20,23-25,28-29,45H,3-12,15-16,21-22H2,1-2H3,(H,41,46)(H,42,47)(H,43,48)(H,44,49). The van der Waals surface area contributed by atoms with Crippen LogP contribution < -0.4 is 21.3 Å². The van der Waals surface area contributed by atoms with E-state index >= 15 is 0 Å². The van der Waals surface area contributed by atoms with Crippen LogP contribution in [0.3, 0.4) is 0 Å². The summed E-state index contributed by atoms with van der Waals surface area (Å²) in [7, 11) is 0. The van der Waals surface area contributed by atoms with E-state index < -0.39 is 11.8 Å². The number of carbonyl (C=O) groups is 4. The third kappa shape index (κ3) is 10.4. The topological polar surface area (TPSA) is 137 Å². The van der Waals surface area contributed by atoms with Crippen LogP contribution in [0.5, 0.6) is 5.75 Å². The number of phenols is 1. The second-order valence-corrected chi connectivity index (χ2v) is 13.9. The molecule has 5 N–H and O–H groups in total. The van der Waals surface area contributed by atoms with E-state index in [-0.39, 0.29) is 23.3 Å². The van der Waals surface area contributed by atoms with Gasteiger partial charge in [0.15, 0.2) is 0 Å². The Morgan fingerprint density at radius 1 is 0.571 bits per heavy atom. The Balaban J connectivity index is 1.22. The van der Waals surface area contributed by atoms with Crippen molar-refractivity contribution in [2.24, 2.45) is 11.8 Å². The van der Waals surface area contributed by atoms with Gasteiger partial charge in [0.25, 0.3) is 11.8 Å². The number of benzene rings is 3. The summed E-state index contributed by atoms with van der Waals surface area (Å²) in [5.41, 5.74) is 3.73. The Labute approximate surface area is 289 Å². The maximum Gasteiger partial charge on any atom is 0.256 e. The summed E-state index contributed by atoms with van der Waals surface area (Å²) in [6.07, 6.45) is 14.9. The minimum Gasteiger partial charge on any atom is -0.508 e. The van der Waals surface area contributed by atoms with Crippen molar-refractivity contribution in [1.29, 1.82) is 0 Å². The largest absolute Gasteiger partial charge is 0.508 e. The summed E-state index contributed by atoms with van der Waals surface area (Å²) in [4.78, 5) is 52.4. The molecule has 0 aromatic heterocycles. The van der Waals surface area contributed by atoms with Gasteiger partial charge < -0.3 is 26.4 Å². The summed E-state index contributed by atoms with van der Waals surface area (Å²) in [5.74, 6) is 0.105. The lowest BCUT2D eigenvalue weighted by Crippen LogP contribution is -2.19. The van der Waals surface area contributed by atoms with E-state index in [9.17, 15) is 24.3 Å². The number of aryl methyl sites for hydroxylation is 2. The number of hydrogen-bond acceptors (Lipinski definition) is 5. The molecule has 9 nitrogen and oxygen atoms in total. The van der Waals surface area contributed by atoms with Crippen LogP contribution in [0.2, 0.25) is 0 Å². The summed E-state index contributed by atoms with van der Waals surface area (Å²) in [6, 6.07) is 14.7. The number of rotatable bonds is 12. The minimum atomic E-state index is -0.453. The maximum absolute atomic E-state index is 13.5. The lowest BCUT2D eigenvalue weighted by atomic mass is 9.86. The van der Waals surface area contributed by atoms with E-state index in [0.29, 0.717) is 58.4 Å². The molecule has 3 aromatic carbocycles. The van der Waals surface area contributed by atoms with Crippen molar-refractivity contribution in [2.45, 2.75) is 104 Å². The minimum absolute atomic E-state index is 0.0670. The second kappa shape index (κ2) is 17.1. The molecular formula is C40H50N4O5. The molecule has 0 atom stereocenters. The van der Waals surface area contributed by atoms with Crippen LogP contribution in [0.15, 0.2) is 54.6 Å². The molecule has 2 aliphatic rings. The molecule has 0 saturated heterocycles. The third-order valence-corrected chi connectivity index (χ3v) is 10.0. The Morgan fingerprint density at radius 3 is 1.49 bits per heavy atom. The van der Waals surface area contributed by atoms with Crippen LogP contribution in [0.25, 0.3) is 0 Å². The lowest BCUT2D eigenvalue weighted by molar-refractivity contribution is -0.117. The predicted molar refractivity (Wildman–Crippen MR) is 195 cm³/mol. The van der Waals surface area contributed by atoms with Gasteiger partial charge >= 0.3 is 0 Å². The maximum atomic E-state index is 13.5. The van der Waals surface area contributed by atoms with Crippen LogP contribution in [0.1, 0.15) is 122 Å². The summed E-state index contributed by atoms with van der Waals surface area (Å²) >= 11 is 0. The average Bonchev–Trinajstić information content (AvgIpc) is 3.10. The molecule has 260 valence electrons. The van der Waals surface area contributed by atoms with Gasteiger partial charge in [-0.05, 0) is 86.1 Å². The van der Waals surface area contributed by atoms with E-state index in [1.54, 1.807) is 43.3 Å². The zero-order valence-electron chi connectivity index (χ0n) is 28.8. The first-order valence-corrected chi connectivity index (χ1v) is 17.9. The molecule has 2 fully saturated rings. The Morgan fingerprint density at radius 2 is 1.02 bits per heavy atom. The van der Waals surface area contributed by atoms with E-state index in [1.165, 1.54) is 82.4 Å². The molecule has 5 rings (SSSR count). The smallest absolute Gasteiger partial charge is 0.256 e. The number of carbonyl (C=O) groups excluding carboxylic acids is 4. The van der Waals surface area contributed by atoms with Gasteiger partial charge in [0.2, 0.25) is 11.8 Å². The number of nitrogens with one attached hydrogen (secondary N) is 4. The van der Waals surface area contributed by atoms with Crippen LogP contribution >= 0.6 is 0 Å². The van der Waals surface area contributed by atoms with Crippen molar-refractivity contribution in [3.05, 3.63) is 76.9 Å². The van der Waals surface area contributed by atoms with E-state index in [4.69, 9.17) is 0 Å². The van der Waals surface area contributed by atoms with Gasteiger partial charge in [-0.2, -0.15) is 0 Å². The van der Waals surface area contributed by atoms with Gasteiger partial charge in [-0.3, -0.25) is 19.2 Å². The zero-order chi connectivity index (χ0) is 34.8. The Kier molecular flexibility index (Phi) is 12.5. The summed E-state index contributed by atoms with van der Waals surface area (Å²) in [5, 5.41) is 21.8. The second-order valence-electron chi connectivity index (χ2n) is 13.9. The van der Waals surface area contributed by atoms with Crippen LogP contribution in [-0.2, 0) is 9.59 Å². The highest BCUT2D eigenvalue weighted by atomic mass is 16.3. The molecule has 0 aliphatic heterocycles. The molecule has 0 unspecified atom stereocenters. The first kappa shape index (κ1) is 35.6. The fraction of sp³-hybridized carbons (Fsp3) is 0.450. The van der Waals surface area contributed by atoms with Crippen molar-refractivity contribution in [3.8, 4) is 5.75 Å². The van der Waals surface area contributed by atoms with Gasteiger partial charge in [0.05, 0.1) is 11.4 Å². The fourth-order valence-electron chi connectivity index (χ4n) is 7.08. The van der Waals surface area contributed by atoms with Gasteiger partial charge in [-0.1, -0.05) is 76.3 Å². The van der Waals surface area contributed by atoms with Gasteiger partial charge in [-0.15, -0.1) is 0 Å². The molecule has 0 radical (unpaired) electrons. The number of amides is 4. The third-order valence-electron chi connectivity index (χ3n) is 10.0. The molecule has 2 aliphatic carbocycles. The van der Waals surface area contributed by atoms with Crippen molar-refractivity contribution in [2.75, 3.05) is 21.3 Å². The quantitative estimate of drug-likeness (QED) is 0.123. The molecule has 0 heterocycles. The van der Waals surface area contributed by atoms with Gasteiger partial charge in [-0.25, -0.2) is 0 Å². The highest BCUT2D eigenvalue weighted by Crippen LogP contribution is 2.31. The first-order chi connectivity index (χ1) is 23.6. The van der Waals surface area contributed by atoms with Crippen LogP contribution in [-0.4, -0.2) is 28.7 Å². The molecule has 2 saturated carbocycles. The average molecular weight is 667 g/mol. The van der Waals surface area contributed by atoms with Gasteiger partial charge in [0.1, 0.15) is 5.75 Å². The zero-order valence-corrected chi connectivity index (χ0v) is 28.8. The van der Waals surface area contributed by atoms with Crippen LogP contribution in [0, 0.1) is 25.7 Å². The summed E-state index contributed by atoms with van der Waals surface area (Å²) < 4.78 is 0. The molecule has 0 bridgehead atoms. The van der Waals surface area contributed by atoms with E-state index in [1.807, 2.05) is 6.92 Å². The van der Waals surface area contributed by atoms with E-state index in [2.05, 4.69) is 21.3 Å². The monoisotopic (exact) mass is 666 g/mol. The normalized spacial score (nSPS) is 15.3. The van der Waals surface area contributed by atoms with Crippen molar-refractivity contribution in [3.63, 3.8) is 0 Å². The molecule has 0 spiro atoms. The van der Waals surface area contributed by atoms with E-state index in [0.717, 1.165) is 18.4 Å². The SMILES string of the molecule is Cc1ccc(NC(=O)CCC2CCCCC2)cc1C(=O)Nc1ccc(O)cc1NC(=O)c1cc(NC(=O)CCC2CCCCC2)ccc1C. The Hall–Kier alpha value is -4.66. The number of anilines is 4. The van der Waals surface area contributed by atoms with Crippen molar-refractivity contribution >= 4 is 46.4 Å². The molecule has 49 heavy (non-hydrogen) atoms.